The summed E-state index contributed by atoms with van der Waals surface area (Å²) in [6.07, 6.45) is 0.316. The number of oxazole rings is 1. The van der Waals surface area contributed by atoms with E-state index in [4.69, 9.17) is 9.15 Å². The molecule has 3 aromatic rings. The van der Waals surface area contributed by atoms with E-state index in [1.54, 1.807) is 19.2 Å². The SMILES string of the molecule is COc1ccc(CNC(=O)C(CC(C)C)NS(=O)(=O)c2ccc3c(c2)oc(=O)n3C)cc1. The number of sulfonamides is 1. The number of nitrogens with zero attached hydrogens (tertiary/aromatic N) is 1. The molecule has 1 heterocycles. The fraction of sp³-hybridized carbons (Fsp3) is 0.364. The quantitative estimate of drug-likeness (QED) is 0.504. The Balaban J connectivity index is 1.77. The van der Waals surface area contributed by atoms with Crippen molar-refractivity contribution in [1.29, 1.82) is 0 Å². The minimum absolute atomic E-state index is 0.0732. The molecule has 0 aliphatic carbocycles. The first-order chi connectivity index (χ1) is 15.1. The molecule has 0 radical (unpaired) electrons. The second kappa shape index (κ2) is 9.58. The minimum Gasteiger partial charge on any atom is -0.497 e. The van der Waals surface area contributed by atoms with Gasteiger partial charge in [0.2, 0.25) is 15.9 Å². The van der Waals surface area contributed by atoms with Crippen molar-refractivity contribution >= 4 is 27.0 Å². The highest BCUT2D eigenvalue weighted by Crippen LogP contribution is 2.19. The van der Waals surface area contributed by atoms with Gasteiger partial charge in [0.15, 0.2) is 5.58 Å². The number of carbonyl (C=O) groups is 1. The van der Waals surface area contributed by atoms with E-state index in [1.165, 1.54) is 29.8 Å². The Kier molecular flexibility index (Phi) is 7.05. The van der Waals surface area contributed by atoms with Gasteiger partial charge in [0.1, 0.15) is 11.8 Å². The van der Waals surface area contributed by atoms with Crippen LogP contribution in [0.4, 0.5) is 0 Å². The average Bonchev–Trinajstić information content (AvgIpc) is 3.04. The predicted octanol–water partition coefficient (Wildman–Crippen LogP) is 2.15. The maximum Gasteiger partial charge on any atom is 0.419 e. The largest absolute Gasteiger partial charge is 0.497 e. The number of amides is 1. The molecule has 32 heavy (non-hydrogen) atoms. The highest BCUT2D eigenvalue weighted by molar-refractivity contribution is 7.89. The standard InChI is InChI=1S/C22H27N3O6S/c1-14(2)11-18(21(26)23-13-15-5-7-16(30-4)8-6-15)24-32(28,29)17-9-10-19-20(12-17)31-22(27)25(19)3/h5-10,12,14,18,24H,11,13H2,1-4H3,(H,23,26). The lowest BCUT2D eigenvalue weighted by Gasteiger charge is -2.20. The number of benzene rings is 2. The second-order valence-corrected chi connectivity index (χ2v) is 9.64. The highest BCUT2D eigenvalue weighted by Gasteiger charge is 2.27. The average molecular weight is 462 g/mol. The molecular formula is C22H27N3O6S. The lowest BCUT2D eigenvalue weighted by atomic mass is 10.0. The molecule has 0 fully saturated rings. The number of fused-ring (bicyclic) bond motifs is 1. The molecule has 1 unspecified atom stereocenters. The molecular weight excluding hydrogens is 434 g/mol. The first-order valence-electron chi connectivity index (χ1n) is 10.1. The van der Waals surface area contributed by atoms with Crippen molar-refractivity contribution in [3.63, 3.8) is 0 Å². The summed E-state index contributed by atoms with van der Waals surface area (Å²) in [5.74, 6) is -0.232. The third-order valence-corrected chi connectivity index (χ3v) is 6.49. The van der Waals surface area contributed by atoms with Crippen LogP contribution in [0.5, 0.6) is 5.75 Å². The van der Waals surface area contributed by atoms with Gasteiger partial charge in [-0.2, -0.15) is 4.72 Å². The molecule has 0 aliphatic rings. The van der Waals surface area contributed by atoms with Gasteiger partial charge in [0.05, 0.1) is 17.5 Å². The molecule has 10 heteroatoms. The molecule has 0 saturated carbocycles. The molecule has 1 aromatic heterocycles. The van der Waals surface area contributed by atoms with Crippen molar-refractivity contribution < 1.29 is 22.4 Å². The number of rotatable bonds is 9. The maximum absolute atomic E-state index is 13.0. The highest BCUT2D eigenvalue weighted by atomic mass is 32.2. The van der Waals surface area contributed by atoms with Crippen LogP contribution < -0.4 is 20.5 Å². The summed E-state index contributed by atoms with van der Waals surface area (Å²) in [6, 6.07) is 10.4. The van der Waals surface area contributed by atoms with E-state index in [0.717, 1.165) is 5.56 Å². The third kappa shape index (κ3) is 5.38. The Morgan fingerprint density at radius 3 is 2.47 bits per heavy atom. The molecule has 9 nitrogen and oxygen atoms in total. The summed E-state index contributed by atoms with van der Waals surface area (Å²) >= 11 is 0. The summed E-state index contributed by atoms with van der Waals surface area (Å²) in [4.78, 5) is 24.4. The number of hydrogen-bond acceptors (Lipinski definition) is 6. The van der Waals surface area contributed by atoms with Gasteiger partial charge in [0, 0.05) is 19.7 Å². The van der Waals surface area contributed by atoms with E-state index in [0.29, 0.717) is 17.7 Å². The molecule has 3 rings (SSSR count). The summed E-state index contributed by atoms with van der Waals surface area (Å²) in [7, 11) is -0.930. The second-order valence-electron chi connectivity index (χ2n) is 7.93. The smallest absolute Gasteiger partial charge is 0.419 e. The van der Waals surface area contributed by atoms with E-state index in [-0.39, 0.29) is 22.9 Å². The lowest BCUT2D eigenvalue weighted by Crippen LogP contribution is -2.47. The van der Waals surface area contributed by atoms with Crippen molar-refractivity contribution in [1.82, 2.24) is 14.6 Å². The lowest BCUT2D eigenvalue weighted by molar-refractivity contribution is -0.123. The maximum atomic E-state index is 13.0. The Labute approximate surface area is 186 Å². The Bertz CT molecular complexity index is 1260. The first kappa shape index (κ1) is 23.6. The van der Waals surface area contributed by atoms with Crippen LogP contribution in [0.25, 0.3) is 11.1 Å². The Morgan fingerprint density at radius 1 is 1.16 bits per heavy atom. The van der Waals surface area contributed by atoms with Crippen molar-refractivity contribution in [3.05, 3.63) is 58.6 Å². The molecule has 172 valence electrons. The zero-order valence-corrected chi connectivity index (χ0v) is 19.2. The van der Waals surface area contributed by atoms with Crippen LogP contribution in [0.1, 0.15) is 25.8 Å². The van der Waals surface area contributed by atoms with E-state index in [2.05, 4.69) is 10.0 Å². The number of aryl methyl sites for hydroxylation is 1. The Hall–Kier alpha value is -3.11. The van der Waals surface area contributed by atoms with Gasteiger partial charge in [-0.25, -0.2) is 13.2 Å². The fourth-order valence-corrected chi connectivity index (χ4v) is 4.50. The van der Waals surface area contributed by atoms with Gasteiger partial charge in [-0.3, -0.25) is 9.36 Å². The minimum atomic E-state index is -4.04. The topological polar surface area (TPSA) is 120 Å². The number of hydrogen-bond donors (Lipinski definition) is 2. The molecule has 1 atom stereocenters. The van der Waals surface area contributed by atoms with E-state index in [1.807, 2.05) is 26.0 Å². The number of methoxy groups -OCH3 is 1. The molecule has 2 aromatic carbocycles. The van der Waals surface area contributed by atoms with E-state index in [9.17, 15) is 18.0 Å². The number of ether oxygens (including phenoxy) is 1. The molecule has 0 bridgehead atoms. The van der Waals surface area contributed by atoms with Crippen LogP contribution >= 0.6 is 0 Å². The molecule has 2 N–H and O–H groups in total. The van der Waals surface area contributed by atoms with Crippen molar-refractivity contribution in [3.8, 4) is 5.75 Å². The van der Waals surface area contributed by atoms with E-state index >= 15 is 0 Å². The van der Waals surface area contributed by atoms with Crippen molar-refractivity contribution in [2.45, 2.75) is 37.8 Å². The normalized spacial score (nSPS) is 12.8. The molecule has 0 spiro atoms. The van der Waals surface area contributed by atoms with Crippen LogP contribution in [-0.4, -0.2) is 32.0 Å². The van der Waals surface area contributed by atoms with Gasteiger partial charge in [-0.05, 0) is 42.2 Å². The van der Waals surface area contributed by atoms with Crippen LogP contribution in [-0.2, 0) is 28.4 Å². The van der Waals surface area contributed by atoms with Crippen LogP contribution in [0.2, 0.25) is 0 Å². The fourth-order valence-electron chi connectivity index (χ4n) is 3.27. The van der Waals surface area contributed by atoms with Gasteiger partial charge in [-0.1, -0.05) is 26.0 Å². The molecule has 0 aliphatic heterocycles. The molecule has 1 amide bonds. The third-order valence-electron chi connectivity index (χ3n) is 5.02. The van der Waals surface area contributed by atoms with Crippen molar-refractivity contribution in [2.75, 3.05) is 7.11 Å². The summed E-state index contributed by atoms with van der Waals surface area (Å²) in [5.41, 5.74) is 1.49. The van der Waals surface area contributed by atoms with Crippen molar-refractivity contribution in [2.24, 2.45) is 13.0 Å². The van der Waals surface area contributed by atoms with Crippen LogP contribution in [0, 0.1) is 5.92 Å². The Morgan fingerprint density at radius 2 is 1.84 bits per heavy atom. The van der Waals surface area contributed by atoms with Gasteiger partial charge >= 0.3 is 5.76 Å². The monoisotopic (exact) mass is 461 g/mol. The number of carbonyl (C=O) groups excluding carboxylic acids is 1. The van der Waals surface area contributed by atoms with Crippen LogP contribution in [0.3, 0.4) is 0 Å². The molecule has 0 saturated heterocycles. The summed E-state index contributed by atoms with van der Waals surface area (Å²) in [5, 5.41) is 2.79. The van der Waals surface area contributed by atoms with Gasteiger partial charge < -0.3 is 14.5 Å². The van der Waals surface area contributed by atoms with Crippen LogP contribution in [0.15, 0.2) is 56.6 Å². The number of nitrogens with one attached hydrogen (secondary N) is 2. The zero-order valence-electron chi connectivity index (χ0n) is 18.4. The van der Waals surface area contributed by atoms with E-state index < -0.39 is 27.7 Å². The van der Waals surface area contributed by atoms with Gasteiger partial charge in [0.25, 0.3) is 0 Å². The predicted molar refractivity (Wildman–Crippen MR) is 120 cm³/mol. The zero-order chi connectivity index (χ0) is 23.5. The summed E-state index contributed by atoms with van der Waals surface area (Å²) in [6.45, 7) is 4.06. The number of aromatic nitrogens is 1. The van der Waals surface area contributed by atoms with Gasteiger partial charge in [-0.15, -0.1) is 0 Å². The first-order valence-corrected chi connectivity index (χ1v) is 11.6. The summed E-state index contributed by atoms with van der Waals surface area (Å²) < 4.78 is 39.9.